The first-order chi connectivity index (χ1) is 19.0. The van der Waals surface area contributed by atoms with Crippen LogP contribution in [0.2, 0.25) is 0 Å². The molecular formula is C27H33F2N7O3S. The van der Waals surface area contributed by atoms with Crippen molar-refractivity contribution in [3.05, 3.63) is 64.9 Å². The number of carbonyl (C=O) groups excluding carboxylic acids is 1. The highest BCUT2D eigenvalue weighted by atomic mass is 32.2. The number of hydrogen-bond acceptors (Lipinski definition) is 7. The Hall–Kier alpha value is -3.55. The second-order valence-corrected chi connectivity index (χ2v) is 12.5. The molecule has 1 saturated heterocycles. The smallest absolute Gasteiger partial charge is 0.258 e. The van der Waals surface area contributed by atoms with Gasteiger partial charge >= 0.3 is 0 Å². The van der Waals surface area contributed by atoms with Gasteiger partial charge in [0.2, 0.25) is 10.0 Å². The Bertz CT molecular complexity index is 1500. The molecule has 3 heterocycles. The molecule has 0 atom stereocenters. The van der Waals surface area contributed by atoms with Crippen molar-refractivity contribution in [1.82, 2.24) is 19.4 Å². The van der Waals surface area contributed by atoms with Gasteiger partial charge in [0.15, 0.2) is 5.82 Å². The van der Waals surface area contributed by atoms with Gasteiger partial charge < -0.3 is 20.4 Å². The van der Waals surface area contributed by atoms with Crippen molar-refractivity contribution < 1.29 is 22.0 Å². The topological polar surface area (TPSA) is 114 Å². The number of nitrogens with zero attached hydrogens (tertiary/aromatic N) is 4. The van der Waals surface area contributed by atoms with E-state index in [1.807, 2.05) is 31.1 Å². The lowest BCUT2D eigenvalue weighted by molar-refractivity contribution is 0.102. The normalized spacial score (nSPS) is 16.9. The van der Waals surface area contributed by atoms with Crippen LogP contribution in [0, 0.1) is 11.6 Å². The third-order valence-corrected chi connectivity index (χ3v) is 9.27. The number of H-pyrrole nitrogens is 1. The Morgan fingerprint density at radius 1 is 1.07 bits per heavy atom. The minimum atomic E-state index is -4.18. The van der Waals surface area contributed by atoms with Crippen molar-refractivity contribution in [2.45, 2.75) is 36.7 Å². The summed E-state index contributed by atoms with van der Waals surface area (Å²) in [6.45, 7) is 1.92. The zero-order chi connectivity index (χ0) is 28.6. The molecule has 0 radical (unpaired) electrons. The number of piperidine rings is 1. The van der Waals surface area contributed by atoms with Crippen LogP contribution in [0.15, 0.2) is 41.3 Å². The summed E-state index contributed by atoms with van der Waals surface area (Å²) in [6, 6.07) is 8.00. The fourth-order valence-corrected chi connectivity index (χ4v) is 6.53. The SMILES string of the molecule is CN1CCC(Nc2cc(N(C)C)ccc2C(=O)Nc2n[nH]c3c2CN(S(=O)(=O)c2cc(F)cc(F)c2)CC3)CC1. The van der Waals surface area contributed by atoms with Crippen LogP contribution in [-0.2, 0) is 23.0 Å². The molecule has 40 heavy (non-hydrogen) atoms. The number of amides is 1. The van der Waals surface area contributed by atoms with Gasteiger partial charge in [0, 0.05) is 68.3 Å². The van der Waals surface area contributed by atoms with E-state index in [0.29, 0.717) is 35.0 Å². The van der Waals surface area contributed by atoms with Crippen LogP contribution in [0.5, 0.6) is 0 Å². The van der Waals surface area contributed by atoms with E-state index >= 15 is 0 Å². The number of sulfonamides is 1. The lowest BCUT2D eigenvalue weighted by Gasteiger charge is -2.31. The fraction of sp³-hybridized carbons (Fsp3) is 0.407. The first kappa shape index (κ1) is 28.0. The van der Waals surface area contributed by atoms with Crippen molar-refractivity contribution in [2.24, 2.45) is 0 Å². The maximum absolute atomic E-state index is 13.8. The molecule has 2 aromatic carbocycles. The first-order valence-corrected chi connectivity index (χ1v) is 14.6. The Kier molecular flexibility index (Phi) is 7.80. The molecule has 0 unspecified atom stereocenters. The fourth-order valence-electron chi connectivity index (χ4n) is 5.08. The number of carbonyl (C=O) groups is 1. The molecule has 0 saturated carbocycles. The molecule has 1 aromatic heterocycles. The molecule has 214 valence electrons. The van der Waals surface area contributed by atoms with Gasteiger partial charge in [-0.3, -0.25) is 9.89 Å². The van der Waals surface area contributed by atoms with E-state index in [2.05, 4.69) is 32.8 Å². The number of anilines is 3. The van der Waals surface area contributed by atoms with Gasteiger partial charge in [-0.2, -0.15) is 9.40 Å². The van der Waals surface area contributed by atoms with E-state index in [-0.39, 0.29) is 30.9 Å². The molecule has 0 spiro atoms. The summed E-state index contributed by atoms with van der Waals surface area (Å²) in [5, 5.41) is 13.5. The summed E-state index contributed by atoms with van der Waals surface area (Å²) < 4.78 is 55.0. The largest absolute Gasteiger partial charge is 0.382 e. The van der Waals surface area contributed by atoms with E-state index in [9.17, 15) is 22.0 Å². The van der Waals surface area contributed by atoms with Crippen LogP contribution in [0.3, 0.4) is 0 Å². The Balaban J connectivity index is 1.38. The molecule has 1 amide bonds. The summed E-state index contributed by atoms with van der Waals surface area (Å²) in [5.41, 5.74) is 3.30. The molecule has 1 fully saturated rings. The number of aromatic nitrogens is 2. The minimum Gasteiger partial charge on any atom is -0.382 e. The number of nitrogens with one attached hydrogen (secondary N) is 3. The molecule has 10 nitrogen and oxygen atoms in total. The van der Waals surface area contributed by atoms with Gasteiger partial charge in [-0.1, -0.05) is 0 Å². The van der Waals surface area contributed by atoms with Gasteiger partial charge in [-0.25, -0.2) is 17.2 Å². The van der Waals surface area contributed by atoms with Crippen LogP contribution in [-0.4, -0.2) is 80.5 Å². The van der Waals surface area contributed by atoms with Gasteiger partial charge in [-0.15, -0.1) is 0 Å². The molecule has 3 aromatic rings. The zero-order valence-electron chi connectivity index (χ0n) is 22.7. The Morgan fingerprint density at radius 3 is 2.45 bits per heavy atom. The van der Waals surface area contributed by atoms with Crippen molar-refractivity contribution >= 4 is 33.1 Å². The molecule has 0 bridgehead atoms. The number of fused-ring (bicyclic) bond motifs is 1. The van der Waals surface area contributed by atoms with E-state index in [1.54, 1.807) is 6.07 Å². The predicted molar refractivity (Wildman–Crippen MR) is 149 cm³/mol. The maximum atomic E-state index is 13.8. The van der Waals surface area contributed by atoms with Crippen LogP contribution >= 0.6 is 0 Å². The summed E-state index contributed by atoms with van der Waals surface area (Å²) in [5.74, 6) is -2.12. The molecule has 0 aliphatic carbocycles. The number of hydrogen-bond donors (Lipinski definition) is 3. The molecule has 3 N–H and O–H groups in total. The lowest BCUT2D eigenvalue weighted by atomic mass is 10.0. The summed E-state index contributed by atoms with van der Waals surface area (Å²) >= 11 is 0. The number of rotatable bonds is 7. The monoisotopic (exact) mass is 573 g/mol. The highest BCUT2D eigenvalue weighted by Crippen LogP contribution is 2.31. The van der Waals surface area contributed by atoms with Gasteiger partial charge in [0.25, 0.3) is 5.91 Å². The number of benzene rings is 2. The number of halogens is 2. The van der Waals surface area contributed by atoms with Gasteiger partial charge in [0.05, 0.1) is 10.5 Å². The van der Waals surface area contributed by atoms with Crippen LogP contribution < -0.4 is 15.5 Å². The number of likely N-dealkylation sites (tertiary alicyclic amines) is 1. The van der Waals surface area contributed by atoms with Crippen LogP contribution in [0.25, 0.3) is 0 Å². The Morgan fingerprint density at radius 2 is 1.77 bits per heavy atom. The van der Waals surface area contributed by atoms with Crippen LogP contribution in [0.4, 0.5) is 26.0 Å². The molecule has 13 heteroatoms. The lowest BCUT2D eigenvalue weighted by Crippen LogP contribution is -2.37. The van der Waals surface area contributed by atoms with Crippen molar-refractivity contribution in [1.29, 1.82) is 0 Å². The highest BCUT2D eigenvalue weighted by Gasteiger charge is 2.32. The molecular weight excluding hydrogens is 540 g/mol. The van der Waals surface area contributed by atoms with Crippen molar-refractivity contribution in [3.63, 3.8) is 0 Å². The molecule has 2 aliphatic rings. The maximum Gasteiger partial charge on any atom is 0.258 e. The van der Waals surface area contributed by atoms with E-state index in [4.69, 9.17) is 0 Å². The molecule has 2 aliphatic heterocycles. The second-order valence-electron chi connectivity index (χ2n) is 10.5. The standard InChI is InChI=1S/C27H33F2N7O3S/c1-34(2)20-4-5-22(25(15-20)30-19-6-9-35(3)10-7-19)27(37)31-26-23-16-36(11-8-24(23)32-33-26)40(38,39)21-13-17(28)12-18(29)14-21/h4-5,12-15,19,30H,6-11,16H2,1-3H3,(H2,31,32,33,37). The third kappa shape index (κ3) is 5.81. The van der Waals surface area contributed by atoms with Crippen molar-refractivity contribution in [2.75, 3.05) is 56.3 Å². The summed E-state index contributed by atoms with van der Waals surface area (Å²) in [4.78, 5) is 17.3. The second kappa shape index (κ2) is 11.1. The quantitative estimate of drug-likeness (QED) is 0.398. The number of aromatic amines is 1. The zero-order valence-corrected chi connectivity index (χ0v) is 23.5. The average Bonchev–Trinajstić information content (AvgIpc) is 3.31. The average molecular weight is 574 g/mol. The van der Waals surface area contributed by atoms with Gasteiger partial charge in [0.1, 0.15) is 11.6 Å². The summed E-state index contributed by atoms with van der Waals surface area (Å²) in [7, 11) is 1.77. The van der Waals surface area contributed by atoms with Crippen LogP contribution in [0.1, 0.15) is 34.5 Å². The van der Waals surface area contributed by atoms with E-state index < -0.39 is 26.6 Å². The van der Waals surface area contributed by atoms with Crippen molar-refractivity contribution in [3.8, 4) is 0 Å². The van der Waals surface area contributed by atoms with Gasteiger partial charge in [-0.05, 0) is 63.3 Å². The van der Waals surface area contributed by atoms with E-state index in [1.165, 1.54) is 0 Å². The summed E-state index contributed by atoms with van der Waals surface area (Å²) in [6.07, 6.45) is 2.21. The highest BCUT2D eigenvalue weighted by molar-refractivity contribution is 7.89. The third-order valence-electron chi connectivity index (χ3n) is 7.45. The predicted octanol–water partition coefficient (Wildman–Crippen LogP) is 3.26. The van der Waals surface area contributed by atoms with E-state index in [0.717, 1.165) is 48.1 Å². The first-order valence-electron chi connectivity index (χ1n) is 13.1. The molecule has 5 rings (SSSR count). The minimum absolute atomic E-state index is 0.0969. The Labute approximate surface area is 232 Å².